The van der Waals surface area contributed by atoms with Crippen molar-refractivity contribution in [2.75, 3.05) is 26.4 Å². The normalized spacial score (nSPS) is 15.2. The van der Waals surface area contributed by atoms with Crippen LogP contribution in [0.25, 0.3) is 11.1 Å². The molecule has 4 rings (SSSR count). The van der Waals surface area contributed by atoms with Crippen molar-refractivity contribution in [3.63, 3.8) is 0 Å². The predicted octanol–water partition coefficient (Wildman–Crippen LogP) is 3.64. The summed E-state index contributed by atoms with van der Waals surface area (Å²) in [5.74, 6) is 0.244. The molecule has 0 radical (unpaired) electrons. The first-order valence-corrected chi connectivity index (χ1v) is 12.7. The zero-order valence-corrected chi connectivity index (χ0v) is 19.9. The number of benzene rings is 3. The van der Waals surface area contributed by atoms with Crippen molar-refractivity contribution in [2.45, 2.75) is 22.5 Å². The lowest BCUT2D eigenvalue weighted by atomic mass is 9.98. The van der Waals surface area contributed by atoms with Gasteiger partial charge < -0.3 is 14.2 Å². The zero-order valence-electron chi connectivity index (χ0n) is 19.1. The molecule has 1 heterocycles. The Morgan fingerprint density at radius 1 is 0.857 bits per heavy atom. The Hall–Kier alpha value is -3.40. The highest BCUT2D eigenvalue weighted by Gasteiger charge is 2.52. The monoisotopic (exact) mass is 497 g/mol. The van der Waals surface area contributed by atoms with Crippen LogP contribution >= 0.6 is 0 Å². The first-order chi connectivity index (χ1) is 17.0. The van der Waals surface area contributed by atoms with Crippen LogP contribution in [0.5, 0.6) is 11.5 Å². The fraction of sp³-hybridized carbons (Fsp3) is 0.269. The summed E-state index contributed by atoms with van der Waals surface area (Å²) in [5, 5.41) is 9.15. The van der Waals surface area contributed by atoms with E-state index in [0.29, 0.717) is 12.4 Å². The SMILES string of the molecule is O=C(NO)C1(S(=O)(=O)c2ccc(OCCOc3cccc(-c4ccccc4)c3)cc2)CCOCC1. The summed E-state index contributed by atoms with van der Waals surface area (Å²) < 4.78 is 41.5. The Kier molecular flexibility index (Phi) is 7.70. The number of carbonyl (C=O) groups excluding carboxylic acids is 1. The van der Waals surface area contributed by atoms with Crippen molar-refractivity contribution in [1.29, 1.82) is 0 Å². The number of amides is 1. The van der Waals surface area contributed by atoms with Crippen LogP contribution in [0.1, 0.15) is 12.8 Å². The van der Waals surface area contributed by atoms with Crippen LogP contribution < -0.4 is 15.0 Å². The average molecular weight is 498 g/mol. The number of sulfone groups is 1. The maximum absolute atomic E-state index is 13.3. The molecular weight excluding hydrogens is 470 g/mol. The molecule has 35 heavy (non-hydrogen) atoms. The van der Waals surface area contributed by atoms with Gasteiger partial charge in [0.25, 0.3) is 5.91 Å². The van der Waals surface area contributed by atoms with Crippen molar-refractivity contribution >= 4 is 15.7 Å². The number of hydroxylamine groups is 1. The van der Waals surface area contributed by atoms with Gasteiger partial charge in [-0.05, 0) is 60.4 Å². The number of hydrogen-bond acceptors (Lipinski definition) is 7. The second-order valence-electron chi connectivity index (χ2n) is 8.11. The highest BCUT2D eigenvalue weighted by molar-refractivity contribution is 7.93. The van der Waals surface area contributed by atoms with Crippen LogP contribution in [0, 0.1) is 0 Å². The molecule has 0 spiro atoms. The Balaban J connectivity index is 1.36. The predicted molar refractivity (Wildman–Crippen MR) is 129 cm³/mol. The van der Waals surface area contributed by atoms with Crippen LogP contribution in [0.15, 0.2) is 83.8 Å². The van der Waals surface area contributed by atoms with E-state index < -0.39 is 20.5 Å². The van der Waals surface area contributed by atoms with Crippen LogP contribution in [0.4, 0.5) is 0 Å². The van der Waals surface area contributed by atoms with E-state index in [1.54, 1.807) is 0 Å². The molecule has 0 atom stereocenters. The molecule has 0 aromatic heterocycles. The summed E-state index contributed by atoms with van der Waals surface area (Å²) in [4.78, 5) is 12.3. The third-order valence-electron chi connectivity index (χ3n) is 6.03. The van der Waals surface area contributed by atoms with E-state index in [9.17, 15) is 13.2 Å². The van der Waals surface area contributed by atoms with Gasteiger partial charge >= 0.3 is 0 Å². The zero-order chi connectivity index (χ0) is 24.7. The Labute approximate surface area is 204 Å². The third-order valence-corrected chi connectivity index (χ3v) is 8.54. The lowest BCUT2D eigenvalue weighted by molar-refractivity contribution is -0.134. The summed E-state index contributed by atoms with van der Waals surface area (Å²) in [5.41, 5.74) is 3.66. The van der Waals surface area contributed by atoms with Crippen LogP contribution in [-0.4, -0.2) is 50.7 Å². The molecular formula is C26H27NO7S. The number of ether oxygens (including phenoxy) is 3. The molecule has 3 aromatic carbocycles. The Morgan fingerprint density at radius 3 is 2.14 bits per heavy atom. The molecule has 0 saturated carbocycles. The van der Waals surface area contributed by atoms with Gasteiger partial charge in [-0.2, -0.15) is 0 Å². The first-order valence-electron chi connectivity index (χ1n) is 11.2. The summed E-state index contributed by atoms with van der Waals surface area (Å²) in [7, 11) is -4.07. The molecule has 184 valence electrons. The maximum Gasteiger partial charge on any atom is 0.265 e. The third kappa shape index (κ3) is 5.32. The van der Waals surface area contributed by atoms with Crippen LogP contribution in [0.2, 0.25) is 0 Å². The average Bonchev–Trinajstić information content (AvgIpc) is 2.92. The minimum absolute atomic E-state index is 0.0238. The molecule has 9 heteroatoms. The molecule has 1 fully saturated rings. The van der Waals surface area contributed by atoms with Crippen molar-refractivity contribution in [3.8, 4) is 22.6 Å². The van der Waals surface area contributed by atoms with Gasteiger partial charge in [0.1, 0.15) is 24.7 Å². The lowest BCUT2D eigenvalue weighted by Gasteiger charge is -2.34. The van der Waals surface area contributed by atoms with E-state index >= 15 is 0 Å². The molecule has 0 aliphatic carbocycles. The van der Waals surface area contributed by atoms with Gasteiger partial charge in [-0.15, -0.1) is 0 Å². The second kappa shape index (κ2) is 10.9. The molecule has 2 N–H and O–H groups in total. The van der Waals surface area contributed by atoms with Crippen LogP contribution in [0.3, 0.4) is 0 Å². The van der Waals surface area contributed by atoms with Crippen molar-refractivity contribution < 1.29 is 32.6 Å². The minimum atomic E-state index is -4.07. The van der Waals surface area contributed by atoms with E-state index in [4.69, 9.17) is 19.4 Å². The quantitative estimate of drug-likeness (QED) is 0.264. The topological polar surface area (TPSA) is 111 Å². The molecule has 1 aliphatic rings. The van der Waals surface area contributed by atoms with Crippen molar-refractivity contribution in [1.82, 2.24) is 5.48 Å². The van der Waals surface area contributed by atoms with Crippen molar-refractivity contribution in [2.24, 2.45) is 0 Å². The number of hydrogen-bond donors (Lipinski definition) is 2. The van der Waals surface area contributed by atoms with Crippen molar-refractivity contribution in [3.05, 3.63) is 78.9 Å². The van der Waals surface area contributed by atoms with Gasteiger partial charge in [0.15, 0.2) is 14.6 Å². The van der Waals surface area contributed by atoms with E-state index in [1.165, 1.54) is 29.7 Å². The minimum Gasteiger partial charge on any atom is -0.490 e. The van der Waals surface area contributed by atoms with Gasteiger partial charge in [-0.1, -0.05) is 42.5 Å². The molecule has 0 bridgehead atoms. The van der Waals surface area contributed by atoms with Gasteiger partial charge in [0.2, 0.25) is 0 Å². The molecule has 0 unspecified atom stereocenters. The largest absolute Gasteiger partial charge is 0.490 e. The standard InChI is InChI=1S/C26H27NO7S/c28-25(27-29)26(13-15-32-16-14-26)35(30,31)24-11-9-22(10-12-24)33-17-18-34-23-8-4-7-21(19-23)20-5-2-1-3-6-20/h1-12,19,29H,13-18H2,(H,27,28). The van der Waals surface area contributed by atoms with Crippen LogP contribution in [-0.2, 0) is 19.4 Å². The van der Waals surface area contributed by atoms with Gasteiger partial charge in [-0.3, -0.25) is 10.0 Å². The van der Waals surface area contributed by atoms with E-state index in [-0.39, 0.29) is 37.6 Å². The van der Waals surface area contributed by atoms with Gasteiger partial charge in [-0.25, -0.2) is 13.9 Å². The van der Waals surface area contributed by atoms with Gasteiger partial charge in [0.05, 0.1) is 4.90 Å². The lowest BCUT2D eigenvalue weighted by Crippen LogP contribution is -2.54. The van der Waals surface area contributed by atoms with Gasteiger partial charge in [0, 0.05) is 13.2 Å². The number of rotatable bonds is 9. The summed E-state index contributed by atoms with van der Waals surface area (Å²) in [6, 6.07) is 23.7. The van der Waals surface area contributed by atoms with E-state index in [2.05, 4.69) is 0 Å². The number of nitrogens with one attached hydrogen (secondary N) is 1. The summed E-state index contributed by atoms with van der Waals surface area (Å²) in [6.45, 7) is 0.790. The summed E-state index contributed by atoms with van der Waals surface area (Å²) in [6.07, 6.45) is -0.0778. The number of carbonyl (C=O) groups is 1. The highest BCUT2D eigenvalue weighted by Crippen LogP contribution is 2.35. The molecule has 3 aromatic rings. The fourth-order valence-corrected chi connectivity index (χ4v) is 6.02. The Bertz CT molecular complexity index is 1240. The fourth-order valence-electron chi connectivity index (χ4n) is 4.08. The highest BCUT2D eigenvalue weighted by atomic mass is 32.2. The Morgan fingerprint density at radius 2 is 1.49 bits per heavy atom. The van der Waals surface area contributed by atoms with E-state index in [0.717, 1.165) is 16.9 Å². The molecule has 8 nitrogen and oxygen atoms in total. The maximum atomic E-state index is 13.3. The smallest absolute Gasteiger partial charge is 0.265 e. The summed E-state index contributed by atoms with van der Waals surface area (Å²) >= 11 is 0. The molecule has 1 amide bonds. The molecule has 1 aliphatic heterocycles. The molecule has 1 saturated heterocycles. The second-order valence-corrected chi connectivity index (χ2v) is 10.4. The van der Waals surface area contributed by atoms with E-state index in [1.807, 2.05) is 54.6 Å². The first kappa shape index (κ1) is 24.7.